The molecule has 0 radical (unpaired) electrons. The molecule has 4 bridgehead atoms. The van der Waals surface area contributed by atoms with Crippen molar-refractivity contribution in [2.45, 2.75) is 88.9 Å². The lowest BCUT2D eigenvalue weighted by Gasteiger charge is -2.33. The van der Waals surface area contributed by atoms with Gasteiger partial charge in [-0.15, -0.1) is 5.10 Å². The van der Waals surface area contributed by atoms with Gasteiger partial charge in [0.05, 0.1) is 12.2 Å². The van der Waals surface area contributed by atoms with Gasteiger partial charge in [0.1, 0.15) is 10.8 Å². The van der Waals surface area contributed by atoms with Gasteiger partial charge in [-0.25, -0.2) is 9.67 Å². The number of rotatable bonds is 7. The predicted octanol–water partition coefficient (Wildman–Crippen LogP) is 4.77. The number of hydrogen-bond donors (Lipinski definition) is 2. The third-order valence-corrected chi connectivity index (χ3v) is 10.2. The van der Waals surface area contributed by atoms with E-state index in [0.717, 1.165) is 67.2 Å². The van der Waals surface area contributed by atoms with Crippen molar-refractivity contribution in [3.05, 3.63) is 41.7 Å². The maximum atomic E-state index is 13.6. The van der Waals surface area contributed by atoms with E-state index < -0.39 is 0 Å². The molecular weight excluding hydrogens is 548 g/mol. The normalized spacial score (nSPS) is 22.4. The molecule has 224 valence electrons. The third kappa shape index (κ3) is 5.90. The molecule has 5 heterocycles. The molecule has 3 fully saturated rings. The van der Waals surface area contributed by atoms with E-state index in [1.807, 2.05) is 42.2 Å². The summed E-state index contributed by atoms with van der Waals surface area (Å²) in [5, 5.41) is 13.9. The van der Waals surface area contributed by atoms with Crippen molar-refractivity contribution in [1.82, 2.24) is 34.6 Å². The molecular formula is C31H42N8O2S. The first-order valence-electron chi connectivity index (χ1n) is 15.6. The second-order valence-corrected chi connectivity index (χ2v) is 14.0. The van der Waals surface area contributed by atoms with Crippen LogP contribution >= 0.6 is 11.9 Å². The van der Waals surface area contributed by atoms with E-state index in [1.165, 1.54) is 37.6 Å². The fourth-order valence-electron chi connectivity index (χ4n) is 6.84. The number of carbonyl (C=O) groups is 1. The van der Waals surface area contributed by atoms with Crippen LogP contribution in [-0.2, 0) is 6.54 Å². The summed E-state index contributed by atoms with van der Waals surface area (Å²) in [5.41, 5.74) is 1.42. The first-order valence-corrected chi connectivity index (χ1v) is 16.4. The molecule has 3 aromatic heterocycles. The number of aromatic nitrogens is 5. The Morgan fingerprint density at radius 1 is 1.14 bits per heavy atom. The van der Waals surface area contributed by atoms with E-state index >= 15 is 0 Å². The Morgan fingerprint density at radius 3 is 2.74 bits per heavy atom. The zero-order valence-electron chi connectivity index (χ0n) is 24.9. The van der Waals surface area contributed by atoms with Crippen LogP contribution in [-0.4, -0.2) is 61.7 Å². The zero-order chi connectivity index (χ0) is 28.8. The number of fused-ring (bicyclic) bond motifs is 6. The summed E-state index contributed by atoms with van der Waals surface area (Å²) in [7, 11) is 0. The quantitative estimate of drug-likeness (QED) is 0.380. The van der Waals surface area contributed by atoms with Crippen LogP contribution in [0.5, 0.6) is 5.88 Å². The van der Waals surface area contributed by atoms with E-state index in [9.17, 15) is 4.79 Å². The highest BCUT2D eigenvalue weighted by molar-refractivity contribution is 7.98. The SMILES string of the molecule is Cc1cn2nc1SNC(=O)c1ccc(-n3ccc(OCCC(C4CC4)C4CC4)n3)nc1N1CC(CC1(C)C)NCCC2. The minimum atomic E-state index is -0.185. The minimum absolute atomic E-state index is 0.175. The minimum Gasteiger partial charge on any atom is -0.477 e. The van der Waals surface area contributed by atoms with Crippen LogP contribution in [0, 0.1) is 24.7 Å². The summed E-state index contributed by atoms with van der Waals surface area (Å²) in [6, 6.07) is 5.94. The van der Waals surface area contributed by atoms with Crippen molar-refractivity contribution in [2.24, 2.45) is 17.8 Å². The number of nitrogens with zero attached hydrogens (tertiary/aromatic N) is 6. The van der Waals surface area contributed by atoms with Gasteiger partial charge in [-0.3, -0.25) is 14.2 Å². The van der Waals surface area contributed by atoms with Crippen molar-refractivity contribution < 1.29 is 9.53 Å². The van der Waals surface area contributed by atoms with Crippen molar-refractivity contribution in [3.63, 3.8) is 0 Å². The highest BCUT2D eigenvalue weighted by Gasteiger charge is 2.42. The molecule has 2 saturated carbocycles. The fourth-order valence-corrected chi connectivity index (χ4v) is 7.49. The lowest BCUT2D eigenvalue weighted by Crippen LogP contribution is -2.40. The second kappa shape index (κ2) is 11.2. The number of pyridine rings is 1. The Balaban J connectivity index is 1.13. The molecule has 7 rings (SSSR count). The Morgan fingerprint density at radius 2 is 1.95 bits per heavy atom. The Bertz CT molecular complexity index is 1430. The van der Waals surface area contributed by atoms with Gasteiger partial charge in [0.2, 0.25) is 5.88 Å². The lowest BCUT2D eigenvalue weighted by molar-refractivity contribution is 0.0984. The molecule has 42 heavy (non-hydrogen) atoms. The number of nitrogens with one attached hydrogen (secondary N) is 2. The third-order valence-electron chi connectivity index (χ3n) is 9.33. The molecule has 1 saturated heterocycles. The molecule has 2 aliphatic heterocycles. The van der Waals surface area contributed by atoms with Crippen LogP contribution in [0.2, 0.25) is 0 Å². The van der Waals surface area contributed by atoms with Crippen molar-refractivity contribution >= 4 is 23.7 Å². The van der Waals surface area contributed by atoms with Crippen molar-refractivity contribution in [2.75, 3.05) is 24.6 Å². The highest BCUT2D eigenvalue weighted by atomic mass is 32.2. The number of amides is 1. The molecule has 11 heteroatoms. The summed E-state index contributed by atoms with van der Waals surface area (Å²) >= 11 is 1.26. The van der Waals surface area contributed by atoms with Crippen LogP contribution in [0.3, 0.4) is 0 Å². The summed E-state index contributed by atoms with van der Waals surface area (Å²) < 4.78 is 12.9. The number of aryl methyl sites for hydroxylation is 2. The topological polar surface area (TPSA) is 102 Å². The summed E-state index contributed by atoms with van der Waals surface area (Å²) in [6.45, 7) is 9.71. The molecule has 1 amide bonds. The Kier molecular flexibility index (Phi) is 7.42. The van der Waals surface area contributed by atoms with E-state index in [2.05, 4.69) is 33.9 Å². The number of hydrogen-bond acceptors (Lipinski definition) is 8. The summed E-state index contributed by atoms with van der Waals surface area (Å²) in [4.78, 5) is 20.9. The summed E-state index contributed by atoms with van der Waals surface area (Å²) in [6.07, 6.45) is 12.6. The van der Waals surface area contributed by atoms with Crippen LogP contribution in [0.15, 0.2) is 35.6 Å². The van der Waals surface area contributed by atoms with E-state index in [-0.39, 0.29) is 11.4 Å². The second-order valence-electron chi connectivity index (χ2n) is 13.2. The molecule has 2 N–H and O–H groups in total. The van der Waals surface area contributed by atoms with E-state index in [0.29, 0.717) is 35.7 Å². The van der Waals surface area contributed by atoms with Crippen LogP contribution < -0.4 is 19.7 Å². The maximum Gasteiger partial charge on any atom is 0.265 e. The molecule has 0 spiro atoms. The molecule has 2 aliphatic carbocycles. The van der Waals surface area contributed by atoms with Crippen molar-refractivity contribution in [1.29, 1.82) is 0 Å². The molecule has 1 unspecified atom stereocenters. The van der Waals surface area contributed by atoms with Crippen LogP contribution in [0.4, 0.5) is 5.82 Å². The monoisotopic (exact) mass is 590 g/mol. The Hall–Kier alpha value is -3.05. The van der Waals surface area contributed by atoms with Gasteiger partial charge in [0, 0.05) is 60.6 Å². The molecule has 1 atom stereocenters. The number of anilines is 1. The number of ether oxygens (including phenoxy) is 1. The Labute approximate surface area is 252 Å². The van der Waals surface area contributed by atoms with Gasteiger partial charge < -0.3 is 15.0 Å². The molecule has 0 aromatic carbocycles. The average Bonchev–Trinajstić information content (AvgIpc) is 3.88. The highest BCUT2D eigenvalue weighted by Crippen LogP contribution is 2.50. The fraction of sp³-hybridized carbons (Fsp3) is 0.613. The first-order chi connectivity index (χ1) is 20.3. The maximum absolute atomic E-state index is 13.6. The summed E-state index contributed by atoms with van der Waals surface area (Å²) in [5.74, 6) is 4.45. The van der Waals surface area contributed by atoms with Crippen molar-refractivity contribution in [3.8, 4) is 11.7 Å². The van der Waals surface area contributed by atoms with Gasteiger partial charge in [-0.05, 0) is 102 Å². The van der Waals surface area contributed by atoms with E-state index in [4.69, 9.17) is 14.8 Å². The molecule has 10 nitrogen and oxygen atoms in total. The molecule has 4 aliphatic rings. The molecule has 3 aromatic rings. The predicted molar refractivity (Wildman–Crippen MR) is 163 cm³/mol. The van der Waals surface area contributed by atoms with Gasteiger partial charge in [0.25, 0.3) is 5.91 Å². The zero-order valence-corrected chi connectivity index (χ0v) is 25.7. The van der Waals surface area contributed by atoms with Gasteiger partial charge in [-0.2, -0.15) is 5.10 Å². The first kappa shape index (κ1) is 27.8. The van der Waals surface area contributed by atoms with Gasteiger partial charge in [0.15, 0.2) is 5.82 Å². The van der Waals surface area contributed by atoms with E-state index in [1.54, 1.807) is 4.68 Å². The average molecular weight is 591 g/mol. The largest absolute Gasteiger partial charge is 0.477 e. The van der Waals surface area contributed by atoms with Crippen LogP contribution in [0.25, 0.3) is 5.82 Å². The number of carbonyl (C=O) groups excluding carboxylic acids is 1. The lowest BCUT2D eigenvalue weighted by atomic mass is 9.95. The smallest absolute Gasteiger partial charge is 0.265 e. The standard InChI is InChI=1S/C31H42N8O2S/c1-20-18-37-14-4-13-32-23-17-31(2,3)38(19-23)28-25(29(40)36-42-30(20)35-37)9-10-26(33-28)39-15-11-27(34-39)41-16-12-24(21-5-6-21)22-7-8-22/h9-11,15,18,21-24,32H,4-8,12-14,16-17,19H2,1-3H3,(H,36,40). The van der Waals surface area contributed by atoms with Gasteiger partial charge >= 0.3 is 0 Å². The van der Waals surface area contributed by atoms with Gasteiger partial charge in [-0.1, -0.05) is 0 Å². The van der Waals surface area contributed by atoms with Crippen LogP contribution in [0.1, 0.15) is 74.7 Å².